The lowest BCUT2D eigenvalue weighted by Gasteiger charge is -2.13. The zero-order valence-electron chi connectivity index (χ0n) is 17.6. The van der Waals surface area contributed by atoms with Crippen molar-refractivity contribution in [3.63, 3.8) is 0 Å². The fourth-order valence-corrected chi connectivity index (χ4v) is 3.42. The lowest BCUT2D eigenvalue weighted by Crippen LogP contribution is -2.38. The molecule has 0 atom stereocenters. The van der Waals surface area contributed by atoms with Crippen LogP contribution in [0.2, 0.25) is 0 Å². The predicted molar refractivity (Wildman–Crippen MR) is 121 cm³/mol. The summed E-state index contributed by atoms with van der Waals surface area (Å²) in [6.07, 6.45) is 3.25. The molecule has 0 aliphatic carbocycles. The summed E-state index contributed by atoms with van der Waals surface area (Å²) in [4.78, 5) is 49.4. The Morgan fingerprint density at radius 3 is 2.45 bits per heavy atom. The smallest absolute Gasteiger partial charge is 0.335 e. The van der Waals surface area contributed by atoms with Gasteiger partial charge in [-0.05, 0) is 61.0 Å². The van der Waals surface area contributed by atoms with Gasteiger partial charge in [-0.3, -0.25) is 9.59 Å². The van der Waals surface area contributed by atoms with Gasteiger partial charge in [0.25, 0.3) is 5.91 Å². The van der Waals surface area contributed by atoms with E-state index in [0.717, 1.165) is 10.5 Å². The van der Waals surface area contributed by atoms with Crippen LogP contribution in [0, 0.1) is 6.92 Å². The van der Waals surface area contributed by atoms with Gasteiger partial charge in [0.15, 0.2) is 0 Å². The number of rotatable bonds is 6. The second-order valence-corrected chi connectivity index (χ2v) is 7.40. The molecule has 1 aromatic heterocycles. The Balaban J connectivity index is 1.51. The maximum Gasteiger partial charge on any atom is 0.335 e. The molecule has 9 nitrogen and oxygen atoms in total. The molecular weight excluding hydrogens is 424 g/mol. The zero-order valence-corrected chi connectivity index (χ0v) is 17.6. The molecule has 1 fully saturated rings. The highest BCUT2D eigenvalue weighted by Gasteiger charge is 2.35. The first-order valence-corrected chi connectivity index (χ1v) is 10.0. The number of anilines is 1. The van der Waals surface area contributed by atoms with Crippen molar-refractivity contribution >= 4 is 35.6 Å². The van der Waals surface area contributed by atoms with E-state index in [2.05, 4.69) is 10.6 Å². The van der Waals surface area contributed by atoms with E-state index in [1.807, 2.05) is 19.1 Å². The summed E-state index contributed by atoms with van der Waals surface area (Å²) >= 11 is 0. The molecule has 4 amide bonds. The largest absolute Gasteiger partial charge is 0.478 e. The Hall–Kier alpha value is -4.66. The molecule has 2 heterocycles. The number of hydrogen-bond acceptors (Lipinski definition) is 4. The molecule has 0 spiro atoms. The fraction of sp³-hybridized carbons (Fsp3) is 0.0833. The van der Waals surface area contributed by atoms with Crippen molar-refractivity contribution in [2.45, 2.75) is 6.92 Å². The van der Waals surface area contributed by atoms with E-state index in [-0.39, 0.29) is 11.3 Å². The lowest BCUT2D eigenvalue weighted by molar-refractivity contribution is -0.127. The third kappa shape index (κ3) is 4.52. The van der Waals surface area contributed by atoms with Crippen LogP contribution < -0.4 is 10.6 Å². The molecule has 4 rings (SSSR count). The van der Waals surface area contributed by atoms with Crippen LogP contribution in [0.1, 0.15) is 21.6 Å². The van der Waals surface area contributed by atoms with Gasteiger partial charge in [-0.15, -0.1) is 0 Å². The molecule has 3 aromatic rings. The minimum absolute atomic E-state index is 0.0331. The molecular formula is C24H20N4O5. The molecule has 2 aromatic carbocycles. The van der Waals surface area contributed by atoms with Crippen molar-refractivity contribution in [3.05, 3.63) is 89.4 Å². The van der Waals surface area contributed by atoms with E-state index in [4.69, 9.17) is 5.11 Å². The Labute approximate surface area is 188 Å². The number of carboxylic acids is 1. The summed E-state index contributed by atoms with van der Waals surface area (Å²) in [6, 6.07) is 16.3. The molecule has 9 heteroatoms. The SMILES string of the molecule is Cc1ccccc1NC(=O)CN1C(=O)N/C(=C\c2cccn2-c2ccc(C(=O)O)cc2)C1=O. The summed E-state index contributed by atoms with van der Waals surface area (Å²) in [5, 5.41) is 14.3. The molecule has 0 radical (unpaired) electrons. The fourth-order valence-electron chi connectivity index (χ4n) is 3.42. The number of aromatic nitrogens is 1. The van der Waals surface area contributed by atoms with Gasteiger partial charge in [0.05, 0.1) is 5.56 Å². The van der Waals surface area contributed by atoms with Gasteiger partial charge < -0.3 is 20.3 Å². The Morgan fingerprint density at radius 2 is 1.76 bits per heavy atom. The van der Waals surface area contributed by atoms with Crippen molar-refractivity contribution in [2.24, 2.45) is 0 Å². The highest BCUT2D eigenvalue weighted by molar-refractivity contribution is 6.15. The molecule has 1 aliphatic rings. The van der Waals surface area contributed by atoms with E-state index >= 15 is 0 Å². The zero-order chi connectivity index (χ0) is 23.5. The number of carboxylic acid groups (broad SMARTS) is 1. The van der Waals surface area contributed by atoms with Crippen LogP contribution in [0.4, 0.5) is 10.5 Å². The van der Waals surface area contributed by atoms with Crippen molar-refractivity contribution in [1.29, 1.82) is 0 Å². The summed E-state index contributed by atoms with van der Waals surface area (Å²) in [5.74, 6) is -2.13. The number of nitrogens with one attached hydrogen (secondary N) is 2. The van der Waals surface area contributed by atoms with Crippen LogP contribution in [0.5, 0.6) is 0 Å². The summed E-state index contributed by atoms with van der Waals surface area (Å²) < 4.78 is 1.74. The van der Waals surface area contributed by atoms with Crippen LogP contribution in [-0.2, 0) is 9.59 Å². The van der Waals surface area contributed by atoms with Crippen LogP contribution in [0.3, 0.4) is 0 Å². The number of nitrogens with zero attached hydrogens (tertiary/aromatic N) is 2. The molecule has 0 bridgehead atoms. The van der Waals surface area contributed by atoms with Crippen LogP contribution >= 0.6 is 0 Å². The van der Waals surface area contributed by atoms with E-state index in [9.17, 15) is 19.2 Å². The number of carbonyl (C=O) groups excluding carboxylic acids is 3. The Bertz CT molecular complexity index is 1290. The number of carbonyl (C=O) groups is 4. The second kappa shape index (κ2) is 8.83. The van der Waals surface area contributed by atoms with Gasteiger partial charge in [0, 0.05) is 23.3 Å². The first-order valence-electron chi connectivity index (χ1n) is 10.0. The highest BCUT2D eigenvalue weighted by atomic mass is 16.4. The first kappa shape index (κ1) is 21.6. The molecule has 166 valence electrons. The number of urea groups is 1. The lowest BCUT2D eigenvalue weighted by atomic mass is 10.2. The van der Waals surface area contributed by atoms with Crippen molar-refractivity contribution in [1.82, 2.24) is 14.8 Å². The number of hydrogen-bond donors (Lipinski definition) is 3. The summed E-state index contributed by atoms with van der Waals surface area (Å²) in [6.45, 7) is 1.42. The number of amides is 4. The third-order valence-corrected chi connectivity index (χ3v) is 5.15. The molecule has 0 saturated carbocycles. The van der Waals surface area contributed by atoms with Gasteiger partial charge in [-0.25, -0.2) is 14.5 Å². The maximum atomic E-state index is 12.8. The number of imide groups is 1. The molecule has 33 heavy (non-hydrogen) atoms. The Kier molecular flexibility index (Phi) is 5.77. The average Bonchev–Trinajstić information content (AvgIpc) is 3.35. The summed E-state index contributed by atoms with van der Waals surface area (Å²) in [7, 11) is 0. The van der Waals surface area contributed by atoms with Crippen molar-refractivity contribution in [3.8, 4) is 5.69 Å². The molecule has 0 unspecified atom stereocenters. The molecule has 3 N–H and O–H groups in total. The van der Waals surface area contributed by atoms with Gasteiger partial charge in [-0.1, -0.05) is 18.2 Å². The minimum atomic E-state index is -1.03. The second-order valence-electron chi connectivity index (χ2n) is 7.40. The van der Waals surface area contributed by atoms with Gasteiger partial charge in [0.1, 0.15) is 12.2 Å². The van der Waals surface area contributed by atoms with Crippen LogP contribution in [-0.4, -0.2) is 44.9 Å². The quantitative estimate of drug-likeness (QED) is 0.399. The van der Waals surface area contributed by atoms with Crippen molar-refractivity contribution in [2.75, 3.05) is 11.9 Å². The van der Waals surface area contributed by atoms with Crippen LogP contribution in [0.25, 0.3) is 11.8 Å². The van der Waals surface area contributed by atoms with Crippen molar-refractivity contribution < 1.29 is 24.3 Å². The highest BCUT2D eigenvalue weighted by Crippen LogP contribution is 2.19. The average molecular weight is 444 g/mol. The van der Waals surface area contributed by atoms with Gasteiger partial charge in [-0.2, -0.15) is 0 Å². The number of aryl methyl sites for hydroxylation is 1. The van der Waals surface area contributed by atoms with Gasteiger partial charge >= 0.3 is 12.0 Å². The van der Waals surface area contributed by atoms with E-state index in [1.165, 1.54) is 18.2 Å². The number of para-hydroxylation sites is 1. The molecule has 1 aliphatic heterocycles. The van der Waals surface area contributed by atoms with E-state index in [1.54, 1.807) is 47.2 Å². The minimum Gasteiger partial charge on any atom is -0.478 e. The van der Waals surface area contributed by atoms with E-state index in [0.29, 0.717) is 17.1 Å². The monoisotopic (exact) mass is 444 g/mol. The predicted octanol–water partition coefficient (Wildman–Crippen LogP) is 3.02. The standard InChI is InChI=1S/C24H20N4O5/c1-15-5-2-3-7-19(15)25-21(29)14-28-22(30)20(26-24(28)33)13-18-6-4-12-27(18)17-10-8-16(9-11-17)23(31)32/h2-13H,14H2,1H3,(H,25,29)(H,26,33)(H,31,32)/b20-13-. The topological polar surface area (TPSA) is 121 Å². The molecule has 1 saturated heterocycles. The normalized spacial score (nSPS) is 14.5. The Morgan fingerprint density at radius 1 is 1.03 bits per heavy atom. The van der Waals surface area contributed by atoms with E-state index < -0.39 is 30.4 Å². The number of benzene rings is 2. The first-order chi connectivity index (χ1) is 15.8. The number of aromatic carboxylic acids is 1. The third-order valence-electron chi connectivity index (χ3n) is 5.15. The summed E-state index contributed by atoms with van der Waals surface area (Å²) in [5.41, 5.74) is 2.93. The maximum absolute atomic E-state index is 12.8. The van der Waals surface area contributed by atoms with Crippen LogP contribution in [0.15, 0.2) is 72.6 Å². The van der Waals surface area contributed by atoms with Gasteiger partial charge in [0.2, 0.25) is 5.91 Å².